The number of hydrogen-bond donors (Lipinski definition) is 2. The second kappa shape index (κ2) is 5.70. The van der Waals surface area contributed by atoms with E-state index in [9.17, 15) is 4.79 Å². The molecule has 0 fully saturated rings. The monoisotopic (exact) mass is 371 g/mol. The fourth-order valence-electron chi connectivity index (χ4n) is 2.83. The Labute approximate surface area is 140 Å². The van der Waals surface area contributed by atoms with Crippen LogP contribution in [0.5, 0.6) is 5.75 Å². The molecule has 0 saturated heterocycles. The molecule has 5 nitrogen and oxygen atoms in total. The van der Waals surface area contributed by atoms with Gasteiger partial charge in [-0.05, 0) is 29.8 Å². The zero-order chi connectivity index (χ0) is 15.8. The Morgan fingerprint density at radius 3 is 3.09 bits per heavy atom. The minimum atomic E-state index is -0.145. The van der Waals surface area contributed by atoms with Crippen LogP contribution < -0.4 is 15.6 Å². The third-order valence-electron chi connectivity index (χ3n) is 3.88. The van der Waals surface area contributed by atoms with Gasteiger partial charge in [-0.1, -0.05) is 28.1 Å². The van der Waals surface area contributed by atoms with Crippen LogP contribution in [0.4, 0.5) is 5.95 Å². The van der Waals surface area contributed by atoms with Crippen molar-refractivity contribution in [2.24, 2.45) is 0 Å². The van der Waals surface area contributed by atoms with E-state index >= 15 is 0 Å². The SMILES string of the molecule is O=c1[nH]c(NCc2cc(Br)cc3c2OCC3)nc2ccccc12. The number of fused-ring (bicyclic) bond motifs is 2. The van der Waals surface area contributed by atoms with Gasteiger partial charge in [-0.2, -0.15) is 0 Å². The van der Waals surface area contributed by atoms with E-state index in [1.54, 1.807) is 6.07 Å². The van der Waals surface area contributed by atoms with Crippen LogP contribution in [0.1, 0.15) is 11.1 Å². The third-order valence-corrected chi connectivity index (χ3v) is 4.34. The molecule has 0 unspecified atom stereocenters. The average molecular weight is 372 g/mol. The highest BCUT2D eigenvalue weighted by Crippen LogP contribution is 2.33. The molecule has 0 aliphatic carbocycles. The first-order valence-corrected chi connectivity index (χ1v) is 8.17. The molecule has 6 heteroatoms. The average Bonchev–Trinajstić information content (AvgIpc) is 3.01. The molecule has 1 aromatic heterocycles. The summed E-state index contributed by atoms with van der Waals surface area (Å²) in [6.45, 7) is 1.24. The molecule has 4 rings (SSSR count). The van der Waals surface area contributed by atoms with Crippen LogP contribution >= 0.6 is 15.9 Å². The predicted octanol–water partition coefficient (Wildman–Crippen LogP) is 3.23. The minimum Gasteiger partial charge on any atom is -0.493 e. The number of halogens is 1. The Balaban J connectivity index is 1.64. The smallest absolute Gasteiger partial charge is 0.260 e. The van der Waals surface area contributed by atoms with Gasteiger partial charge in [0.1, 0.15) is 5.75 Å². The molecule has 2 aromatic carbocycles. The van der Waals surface area contributed by atoms with E-state index in [1.807, 2.05) is 24.3 Å². The summed E-state index contributed by atoms with van der Waals surface area (Å²) in [4.78, 5) is 19.3. The summed E-state index contributed by atoms with van der Waals surface area (Å²) in [7, 11) is 0. The van der Waals surface area contributed by atoms with Crippen LogP contribution in [0.15, 0.2) is 45.7 Å². The summed E-state index contributed by atoms with van der Waals surface area (Å²) in [6, 6.07) is 11.4. The van der Waals surface area contributed by atoms with Crippen LogP contribution in [-0.4, -0.2) is 16.6 Å². The Hall–Kier alpha value is -2.34. The molecular formula is C17H14BrN3O2. The normalized spacial score (nSPS) is 12.9. The molecule has 0 spiro atoms. The lowest BCUT2D eigenvalue weighted by atomic mass is 10.1. The number of aromatic nitrogens is 2. The van der Waals surface area contributed by atoms with Crippen LogP contribution in [0.25, 0.3) is 10.9 Å². The van der Waals surface area contributed by atoms with Crippen molar-refractivity contribution in [3.05, 3.63) is 62.4 Å². The van der Waals surface area contributed by atoms with Gasteiger partial charge < -0.3 is 10.1 Å². The van der Waals surface area contributed by atoms with E-state index in [1.165, 1.54) is 5.56 Å². The third kappa shape index (κ3) is 2.70. The van der Waals surface area contributed by atoms with Crippen molar-refractivity contribution in [1.29, 1.82) is 0 Å². The van der Waals surface area contributed by atoms with Gasteiger partial charge >= 0.3 is 0 Å². The van der Waals surface area contributed by atoms with Crippen LogP contribution in [0.3, 0.4) is 0 Å². The first-order chi connectivity index (χ1) is 11.2. The van der Waals surface area contributed by atoms with E-state index in [0.29, 0.717) is 30.0 Å². The first kappa shape index (κ1) is 14.3. The summed E-state index contributed by atoms with van der Waals surface area (Å²) in [6.07, 6.45) is 0.923. The largest absolute Gasteiger partial charge is 0.493 e. The molecule has 0 bridgehead atoms. The molecule has 23 heavy (non-hydrogen) atoms. The second-order valence-electron chi connectivity index (χ2n) is 5.44. The van der Waals surface area contributed by atoms with Crippen LogP contribution in [-0.2, 0) is 13.0 Å². The fourth-order valence-corrected chi connectivity index (χ4v) is 3.38. The van der Waals surface area contributed by atoms with Gasteiger partial charge in [-0.15, -0.1) is 0 Å². The van der Waals surface area contributed by atoms with Gasteiger partial charge in [0.05, 0.1) is 17.5 Å². The lowest BCUT2D eigenvalue weighted by Gasteiger charge is -2.11. The number of para-hydroxylation sites is 1. The van der Waals surface area contributed by atoms with Gasteiger partial charge in [-0.3, -0.25) is 9.78 Å². The molecule has 1 aliphatic heterocycles. The predicted molar refractivity (Wildman–Crippen MR) is 93.0 cm³/mol. The summed E-state index contributed by atoms with van der Waals surface area (Å²) >= 11 is 3.53. The number of rotatable bonds is 3. The van der Waals surface area contributed by atoms with E-state index in [4.69, 9.17) is 4.74 Å². The topological polar surface area (TPSA) is 67.0 Å². The molecule has 0 atom stereocenters. The van der Waals surface area contributed by atoms with Crippen molar-refractivity contribution in [1.82, 2.24) is 9.97 Å². The number of H-pyrrole nitrogens is 1. The first-order valence-electron chi connectivity index (χ1n) is 7.38. The minimum absolute atomic E-state index is 0.145. The van der Waals surface area contributed by atoms with Crippen LogP contribution in [0.2, 0.25) is 0 Å². The van der Waals surface area contributed by atoms with Crippen molar-refractivity contribution in [2.45, 2.75) is 13.0 Å². The van der Waals surface area contributed by atoms with E-state index in [-0.39, 0.29) is 5.56 Å². The zero-order valence-corrected chi connectivity index (χ0v) is 13.8. The molecule has 2 N–H and O–H groups in total. The number of benzene rings is 2. The molecule has 116 valence electrons. The number of hydrogen-bond acceptors (Lipinski definition) is 4. The summed E-state index contributed by atoms with van der Waals surface area (Å²) in [5.41, 5.74) is 2.78. The lowest BCUT2D eigenvalue weighted by molar-refractivity contribution is 0.354. The van der Waals surface area contributed by atoms with Crippen molar-refractivity contribution in [2.75, 3.05) is 11.9 Å². The Kier molecular flexibility index (Phi) is 3.53. The maximum atomic E-state index is 12.1. The number of anilines is 1. The quantitative estimate of drug-likeness (QED) is 0.741. The Morgan fingerprint density at radius 2 is 2.17 bits per heavy atom. The zero-order valence-electron chi connectivity index (χ0n) is 12.2. The maximum Gasteiger partial charge on any atom is 0.260 e. The van der Waals surface area contributed by atoms with E-state index in [0.717, 1.165) is 22.2 Å². The molecule has 0 amide bonds. The van der Waals surface area contributed by atoms with Gasteiger partial charge in [0.2, 0.25) is 5.95 Å². The van der Waals surface area contributed by atoms with Gasteiger partial charge in [-0.25, -0.2) is 4.98 Å². The summed E-state index contributed by atoms with van der Waals surface area (Å²) < 4.78 is 6.74. The Bertz CT molecular complexity index is 952. The van der Waals surface area contributed by atoms with Crippen molar-refractivity contribution < 1.29 is 4.74 Å². The molecular weight excluding hydrogens is 358 g/mol. The molecule has 2 heterocycles. The Morgan fingerprint density at radius 1 is 1.30 bits per heavy atom. The van der Waals surface area contributed by atoms with Gasteiger partial charge in [0.15, 0.2) is 0 Å². The maximum absolute atomic E-state index is 12.1. The van der Waals surface area contributed by atoms with Gasteiger partial charge in [0.25, 0.3) is 5.56 Å². The lowest BCUT2D eigenvalue weighted by Crippen LogP contribution is -2.13. The van der Waals surface area contributed by atoms with Crippen LogP contribution in [0, 0.1) is 0 Å². The number of nitrogens with zero attached hydrogens (tertiary/aromatic N) is 1. The summed E-state index contributed by atoms with van der Waals surface area (Å²) in [5, 5.41) is 3.77. The molecule has 0 saturated carbocycles. The van der Waals surface area contributed by atoms with E-state index < -0.39 is 0 Å². The number of nitrogens with one attached hydrogen (secondary N) is 2. The molecule has 0 radical (unpaired) electrons. The van der Waals surface area contributed by atoms with Crippen molar-refractivity contribution in [3.8, 4) is 5.75 Å². The highest BCUT2D eigenvalue weighted by atomic mass is 79.9. The van der Waals surface area contributed by atoms with Crippen molar-refractivity contribution >= 4 is 32.8 Å². The molecule has 1 aliphatic rings. The van der Waals surface area contributed by atoms with E-state index in [2.05, 4.69) is 37.3 Å². The second-order valence-corrected chi connectivity index (χ2v) is 6.35. The fraction of sp³-hybridized carbons (Fsp3) is 0.176. The van der Waals surface area contributed by atoms with Crippen molar-refractivity contribution in [3.63, 3.8) is 0 Å². The number of ether oxygens (including phenoxy) is 1. The molecule has 3 aromatic rings. The highest BCUT2D eigenvalue weighted by molar-refractivity contribution is 9.10. The number of aromatic amines is 1. The van der Waals surface area contributed by atoms with Gasteiger partial charge in [0, 0.05) is 23.0 Å². The summed E-state index contributed by atoms with van der Waals surface area (Å²) in [5.74, 6) is 1.39. The standard InChI is InChI=1S/C17H14BrN3O2/c18-12-7-10-5-6-23-15(10)11(8-12)9-19-17-20-14-4-2-1-3-13(14)16(22)21-17/h1-4,7-8H,5-6,9H2,(H2,19,20,21,22). The highest BCUT2D eigenvalue weighted by Gasteiger charge is 2.17.